The molecule has 6 nitrogen and oxygen atoms in total. The maximum Gasteiger partial charge on any atom is 0.405 e. The summed E-state index contributed by atoms with van der Waals surface area (Å²) in [6, 6.07) is -2.55. The molecule has 0 spiro atoms. The predicted molar refractivity (Wildman–Crippen MR) is 138 cm³/mol. The number of aliphatic imine (C=N–C) groups is 1. The number of halogens is 5. The van der Waals surface area contributed by atoms with Crippen molar-refractivity contribution >= 4 is 23.4 Å². The van der Waals surface area contributed by atoms with Crippen LogP contribution in [0.25, 0.3) is 0 Å². The monoisotopic (exact) mass is 544 g/mol. The molecule has 3 atom stereocenters. The summed E-state index contributed by atoms with van der Waals surface area (Å²) in [5.74, 6) is -2.61. The summed E-state index contributed by atoms with van der Waals surface area (Å²) in [5.41, 5.74) is 4.58. The molecule has 2 aliphatic heterocycles. The smallest absolute Gasteiger partial charge is 0.405 e. The molecule has 1 aliphatic carbocycles. The van der Waals surface area contributed by atoms with Crippen molar-refractivity contribution in [3.8, 4) is 0 Å². The van der Waals surface area contributed by atoms with Gasteiger partial charge in [0, 0.05) is 17.2 Å². The number of nitrogens with two attached hydrogens (primary N) is 1. The van der Waals surface area contributed by atoms with Crippen LogP contribution in [-0.2, 0) is 4.79 Å². The van der Waals surface area contributed by atoms with Gasteiger partial charge in [-0.15, -0.1) is 0 Å². The van der Waals surface area contributed by atoms with Gasteiger partial charge in [0.15, 0.2) is 0 Å². The number of allylic oxidation sites excluding steroid dienone is 7. The molecule has 0 aromatic rings. The average molecular weight is 545 g/mol. The molecule has 0 bridgehead atoms. The number of carboxylic acids is 1. The van der Waals surface area contributed by atoms with Crippen molar-refractivity contribution in [1.29, 1.82) is 0 Å². The third-order valence-electron chi connectivity index (χ3n) is 6.12. The van der Waals surface area contributed by atoms with Crippen LogP contribution in [-0.4, -0.2) is 35.3 Å². The summed E-state index contributed by atoms with van der Waals surface area (Å²) in [6.07, 6.45) is 2.47. The van der Waals surface area contributed by atoms with E-state index in [1.807, 2.05) is 19.9 Å². The number of nitrogens with one attached hydrogen (secondary N) is 2. The van der Waals surface area contributed by atoms with Gasteiger partial charge in [-0.25, -0.2) is 14.2 Å². The lowest BCUT2D eigenvalue weighted by Gasteiger charge is -2.43. The summed E-state index contributed by atoms with van der Waals surface area (Å²) in [6.45, 7) is 9.22. The van der Waals surface area contributed by atoms with Crippen molar-refractivity contribution < 1.29 is 27.5 Å². The van der Waals surface area contributed by atoms with E-state index in [4.69, 9.17) is 17.3 Å². The highest BCUT2D eigenvalue weighted by Gasteiger charge is 2.57. The Hall–Kier alpha value is -2.69. The van der Waals surface area contributed by atoms with Gasteiger partial charge in [-0.1, -0.05) is 44.2 Å². The van der Waals surface area contributed by atoms with Gasteiger partial charge in [0.25, 0.3) is 0 Å². The number of aliphatic carboxylic acids is 1. The van der Waals surface area contributed by atoms with Gasteiger partial charge in [0.05, 0.1) is 28.7 Å². The first-order valence-corrected chi connectivity index (χ1v) is 12.4. The Bertz CT molecular complexity index is 1090. The standard InChI is InChI=1S/C24H27ClF4N4O2.C2H6/c1-3-16(26)12-23(22-31-13(2)9-18(32-22)14-7-5-4-6-8-14)11-15(25)10-17(20(34)35)19(30)33-21(23)24(27,28)29;1-2/h3,7,9-11,19,21,33H,2,4-6,8,12,30H2,1H3,(H,31,32)(H,34,35);1-2H3/b15-11+,16-3+,17-10+;. The molecule has 0 aromatic heterocycles. The second-order valence-corrected chi connectivity index (χ2v) is 9.06. The van der Waals surface area contributed by atoms with Crippen LogP contribution in [0.1, 0.15) is 52.9 Å². The lowest BCUT2D eigenvalue weighted by molar-refractivity contribution is -0.172. The zero-order chi connectivity index (χ0) is 28.0. The van der Waals surface area contributed by atoms with E-state index in [9.17, 15) is 27.5 Å². The highest BCUT2D eigenvalue weighted by molar-refractivity contribution is 6.31. The normalized spacial score (nSPS) is 29.9. The van der Waals surface area contributed by atoms with E-state index in [1.54, 1.807) is 6.08 Å². The van der Waals surface area contributed by atoms with Gasteiger partial charge in [0.1, 0.15) is 11.9 Å². The van der Waals surface area contributed by atoms with Gasteiger partial charge < -0.3 is 16.2 Å². The molecule has 0 fully saturated rings. The summed E-state index contributed by atoms with van der Waals surface area (Å²) < 4.78 is 58.6. The molecule has 204 valence electrons. The molecule has 37 heavy (non-hydrogen) atoms. The van der Waals surface area contributed by atoms with E-state index in [2.05, 4.69) is 22.2 Å². The van der Waals surface area contributed by atoms with E-state index >= 15 is 0 Å². The van der Waals surface area contributed by atoms with Crippen LogP contribution < -0.4 is 16.4 Å². The van der Waals surface area contributed by atoms with Crippen LogP contribution in [0, 0.1) is 5.41 Å². The number of carbonyl (C=O) groups is 1. The summed E-state index contributed by atoms with van der Waals surface area (Å²) in [4.78, 5) is 16.1. The van der Waals surface area contributed by atoms with E-state index in [1.165, 1.54) is 6.92 Å². The highest BCUT2D eigenvalue weighted by atomic mass is 35.5. The van der Waals surface area contributed by atoms with Gasteiger partial charge in [-0.3, -0.25) is 5.32 Å². The fourth-order valence-electron chi connectivity index (χ4n) is 4.42. The molecule has 5 N–H and O–H groups in total. The van der Waals surface area contributed by atoms with Gasteiger partial charge in [0.2, 0.25) is 0 Å². The van der Waals surface area contributed by atoms with Crippen LogP contribution in [0.4, 0.5) is 17.6 Å². The molecule has 0 amide bonds. The molecule has 3 rings (SSSR count). The SMILES string of the molecule is C=C1C=C(C2=CCCCC2)N=C(C2(C/C(F)=C\C)/C=C(Cl)\C=C(\C(=O)O)C(N)NC2C(F)(F)F)N1.CC. The molecule has 3 aliphatic rings. The molecule has 11 heteroatoms. The number of amidine groups is 1. The number of alkyl halides is 3. The lowest BCUT2D eigenvalue weighted by Crippen LogP contribution is -2.64. The molecular weight excluding hydrogens is 512 g/mol. The van der Waals surface area contributed by atoms with Crippen molar-refractivity contribution in [2.45, 2.75) is 71.3 Å². The Balaban J connectivity index is 0.00000235. The van der Waals surface area contributed by atoms with E-state index < -0.39 is 47.6 Å². The largest absolute Gasteiger partial charge is 0.478 e. The van der Waals surface area contributed by atoms with E-state index in [0.717, 1.165) is 43.1 Å². The van der Waals surface area contributed by atoms with Crippen molar-refractivity contribution in [3.05, 3.63) is 70.4 Å². The topological polar surface area (TPSA) is 99.7 Å². The van der Waals surface area contributed by atoms with Crippen molar-refractivity contribution in [2.24, 2.45) is 16.1 Å². The number of hydrogen-bond acceptors (Lipinski definition) is 5. The van der Waals surface area contributed by atoms with Crippen LogP contribution >= 0.6 is 11.6 Å². The average Bonchev–Trinajstić information content (AvgIpc) is 2.85. The van der Waals surface area contributed by atoms with Crippen LogP contribution in [0.15, 0.2) is 75.4 Å². The number of nitrogens with zero attached hydrogens (tertiary/aromatic N) is 1. The predicted octanol–water partition coefficient (Wildman–Crippen LogP) is 6.11. The highest BCUT2D eigenvalue weighted by Crippen LogP contribution is 2.45. The Kier molecular flexibility index (Phi) is 10.5. The van der Waals surface area contributed by atoms with E-state index in [0.29, 0.717) is 12.1 Å². The minimum atomic E-state index is -5.00. The van der Waals surface area contributed by atoms with Gasteiger partial charge in [-0.05, 0) is 56.4 Å². The first-order valence-electron chi connectivity index (χ1n) is 12.1. The van der Waals surface area contributed by atoms with Crippen molar-refractivity contribution in [1.82, 2.24) is 10.6 Å². The summed E-state index contributed by atoms with van der Waals surface area (Å²) >= 11 is 6.26. The Morgan fingerprint density at radius 3 is 2.57 bits per heavy atom. The third-order valence-corrected chi connectivity index (χ3v) is 6.34. The van der Waals surface area contributed by atoms with Gasteiger partial charge >= 0.3 is 12.1 Å². The minimum absolute atomic E-state index is 0.226. The molecule has 0 saturated carbocycles. The molecule has 0 saturated heterocycles. The molecule has 0 radical (unpaired) electrons. The second-order valence-electron chi connectivity index (χ2n) is 8.62. The first kappa shape index (κ1) is 30.5. The van der Waals surface area contributed by atoms with Crippen LogP contribution in [0.3, 0.4) is 0 Å². The quantitative estimate of drug-likeness (QED) is 0.313. The number of hydrogen-bond donors (Lipinski definition) is 4. The molecular formula is C26H33ClF4N4O2. The van der Waals surface area contributed by atoms with Gasteiger partial charge in [-0.2, -0.15) is 13.2 Å². The minimum Gasteiger partial charge on any atom is -0.478 e. The molecule has 2 heterocycles. The lowest BCUT2D eigenvalue weighted by atomic mass is 9.73. The number of carboxylic acid groups (broad SMARTS) is 1. The van der Waals surface area contributed by atoms with Crippen molar-refractivity contribution in [2.75, 3.05) is 0 Å². The second kappa shape index (κ2) is 12.7. The van der Waals surface area contributed by atoms with Crippen LogP contribution in [0.5, 0.6) is 0 Å². The summed E-state index contributed by atoms with van der Waals surface area (Å²) in [7, 11) is 0. The van der Waals surface area contributed by atoms with Crippen LogP contribution in [0.2, 0.25) is 0 Å². The first-order chi connectivity index (χ1) is 17.4. The zero-order valence-electron chi connectivity index (χ0n) is 21.1. The third kappa shape index (κ3) is 7.21. The maximum atomic E-state index is 14.8. The maximum absolute atomic E-state index is 14.8. The Morgan fingerprint density at radius 2 is 2.03 bits per heavy atom. The molecule has 0 aromatic carbocycles. The number of rotatable bonds is 5. The fraction of sp³-hybridized carbons (Fsp3) is 0.462. The van der Waals surface area contributed by atoms with Crippen molar-refractivity contribution in [3.63, 3.8) is 0 Å². The Morgan fingerprint density at radius 1 is 1.35 bits per heavy atom. The fourth-order valence-corrected chi connectivity index (χ4v) is 4.73. The van der Waals surface area contributed by atoms with E-state index in [-0.39, 0.29) is 16.6 Å². The molecule has 3 unspecified atom stereocenters. The Labute approximate surface area is 219 Å². The summed E-state index contributed by atoms with van der Waals surface area (Å²) in [5, 5.41) is 14.0. The zero-order valence-corrected chi connectivity index (χ0v) is 21.8.